The highest BCUT2D eigenvalue weighted by atomic mass is 19.1. The standard InChI is InChI=1S/C11H14FNO/c12-11-9-14-7-6-13(11)8-10-4-2-1-3-5-10/h1-5,11H,6-9H2. The zero-order valence-electron chi connectivity index (χ0n) is 8.03. The van der Waals surface area contributed by atoms with Crippen molar-refractivity contribution in [2.75, 3.05) is 19.8 Å². The summed E-state index contributed by atoms with van der Waals surface area (Å²) in [6.45, 7) is 2.18. The van der Waals surface area contributed by atoms with Crippen molar-refractivity contribution in [3.05, 3.63) is 35.9 Å². The Morgan fingerprint density at radius 3 is 2.86 bits per heavy atom. The number of ether oxygens (including phenoxy) is 1. The molecular formula is C11H14FNO. The fraction of sp³-hybridized carbons (Fsp3) is 0.455. The molecule has 1 fully saturated rings. The molecule has 0 aliphatic carbocycles. The Morgan fingerprint density at radius 2 is 2.14 bits per heavy atom. The predicted molar refractivity (Wildman–Crippen MR) is 52.6 cm³/mol. The lowest BCUT2D eigenvalue weighted by atomic mass is 10.2. The molecule has 0 saturated carbocycles. The van der Waals surface area contributed by atoms with Crippen LogP contribution in [-0.2, 0) is 11.3 Å². The van der Waals surface area contributed by atoms with Crippen molar-refractivity contribution in [3.8, 4) is 0 Å². The Labute approximate surface area is 83.3 Å². The summed E-state index contributed by atoms with van der Waals surface area (Å²) in [6, 6.07) is 9.95. The molecule has 0 radical (unpaired) electrons. The number of morpholine rings is 1. The van der Waals surface area contributed by atoms with Crippen molar-refractivity contribution < 1.29 is 9.13 Å². The van der Waals surface area contributed by atoms with Crippen LogP contribution in [0.4, 0.5) is 4.39 Å². The third kappa shape index (κ3) is 2.30. The van der Waals surface area contributed by atoms with E-state index in [1.54, 1.807) is 4.90 Å². The summed E-state index contributed by atoms with van der Waals surface area (Å²) in [4.78, 5) is 1.80. The molecule has 0 spiro atoms. The first-order chi connectivity index (χ1) is 6.86. The summed E-state index contributed by atoms with van der Waals surface area (Å²) in [5, 5.41) is 0. The molecule has 76 valence electrons. The third-order valence-electron chi connectivity index (χ3n) is 2.40. The fourth-order valence-electron chi connectivity index (χ4n) is 1.60. The molecule has 0 N–H and O–H groups in total. The Kier molecular flexibility index (Phi) is 3.11. The van der Waals surface area contributed by atoms with Crippen molar-refractivity contribution in [2.45, 2.75) is 12.8 Å². The first-order valence-electron chi connectivity index (χ1n) is 4.86. The quantitative estimate of drug-likeness (QED) is 0.667. The minimum atomic E-state index is -0.955. The van der Waals surface area contributed by atoms with E-state index in [-0.39, 0.29) is 6.61 Å². The number of nitrogens with zero attached hydrogens (tertiary/aromatic N) is 1. The van der Waals surface area contributed by atoms with E-state index >= 15 is 0 Å². The number of hydrogen-bond acceptors (Lipinski definition) is 2. The summed E-state index contributed by atoms with van der Waals surface area (Å²) in [7, 11) is 0. The van der Waals surface area contributed by atoms with Crippen molar-refractivity contribution in [2.24, 2.45) is 0 Å². The van der Waals surface area contributed by atoms with Crippen LogP contribution in [-0.4, -0.2) is 31.0 Å². The lowest BCUT2D eigenvalue weighted by molar-refractivity contribution is -0.0667. The molecule has 1 unspecified atom stereocenters. The molecule has 1 aliphatic rings. The molecule has 1 heterocycles. The first-order valence-corrected chi connectivity index (χ1v) is 4.86. The minimum Gasteiger partial charge on any atom is -0.376 e. The van der Waals surface area contributed by atoms with Gasteiger partial charge in [0.15, 0.2) is 6.30 Å². The average molecular weight is 195 g/mol. The van der Waals surface area contributed by atoms with Crippen LogP contribution in [0.15, 0.2) is 30.3 Å². The lowest BCUT2D eigenvalue weighted by Crippen LogP contribution is -2.42. The van der Waals surface area contributed by atoms with Crippen LogP contribution in [0.5, 0.6) is 0 Å². The second-order valence-electron chi connectivity index (χ2n) is 3.47. The number of benzene rings is 1. The summed E-state index contributed by atoms with van der Waals surface area (Å²) in [5.41, 5.74) is 1.15. The summed E-state index contributed by atoms with van der Waals surface area (Å²) < 4.78 is 18.4. The van der Waals surface area contributed by atoms with E-state index in [2.05, 4.69) is 0 Å². The first kappa shape index (κ1) is 9.62. The van der Waals surface area contributed by atoms with Crippen molar-refractivity contribution in [1.29, 1.82) is 0 Å². The van der Waals surface area contributed by atoms with Gasteiger partial charge in [-0.15, -0.1) is 0 Å². The van der Waals surface area contributed by atoms with Gasteiger partial charge in [-0.25, -0.2) is 4.39 Å². The Morgan fingerprint density at radius 1 is 1.36 bits per heavy atom. The van der Waals surface area contributed by atoms with E-state index in [0.717, 1.165) is 5.56 Å². The van der Waals surface area contributed by atoms with Gasteiger partial charge in [0.25, 0.3) is 0 Å². The largest absolute Gasteiger partial charge is 0.376 e. The topological polar surface area (TPSA) is 12.5 Å². The van der Waals surface area contributed by atoms with E-state index < -0.39 is 6.30 Å². The molecule has 3 heteroatoms. The second-order valence-corrected chi connectivity index (χ2v) is 3.47. The van der Waals surface area contributed by atoms with Crippen LogP contribution in [0.3, 0.4) is 0 Å². The van der Waals surface area contributed by atoms with Crippen LogP contribution in [0.1, 0.15) is 5.56 Å². The number of halogens is 1. The molecule has 1 saturated heterocycles. The average Bonchev–Trinajstić information content (AvgIpc) is 2.23. The highest BCUT2D eigenvalue weighted by molar-refractivity contribution is 5.14. The molecule has 2 rings (SSSR count). The molecule has 0 amide bonds. The van der Waals surface area contributed by atoms with Crippen LogP contribution in [0, 0.1) is 0 Å². The van der Waals surface area contributed by atoms with Gasteiger partial charge < -0.3 is 4.74 Å². The normalized spacial score (nSPS) is 23.6. The molecule has 1 atom stereocenters. The summed E-state index contributed by atoms with van der Waals surface area (Å²) >= 11 is 0. The highest BCUT2D eigenvalue weighted by Crippen LogP contribution is 2.12. The highest BCUT2D eigenvalue weighted by Gasteiger charge is 2.21. The molecule has 0 bridgehead atoms. The zero-order chi connectivity index (χ0) is 9.80. The van der Waals surface area contributed by atoms with Gasteiger partial charge in [0.2, 0.25) is 0 Å². The van der Waals surface area contributed by atoms with Crippen molar-refractivity contribution >= 4 is 0 Å². The van der Waals surface area contributed by atoms with Gasteiger partial charge in [0, 0.05) is 13.1 Å². The smallest absolute Gasteiger partial charge is 0.177 e. The molecule has 14 heavy (non-hydrogen) atoms. The van der Waals surface area contributed by atoms with Crippen molar-refractivity contribution in [1.82, 2.24) is 4.90 Å². The molecule has 0 aromatic heterocycles. The maximum atomic E-state index is 13.3. The minimum absolute atomic E-state index is 0.201. The van der Waals surface area contributed by atoms with E-state index in [0.29, 0.717) is 19.7 Å². The van der Waals surface area contributed by atoms with Crippen LogP contribution in [0.25, 0.3) is 0 Å². The van der Waals surface area contributed by atoms with Gasteiger partial charge in [-0.3, -0.25) is 4.90 Å². The predicted octanol–water partition coefficient (Wildman–Crippen LogP) is 1.81. The van der Waals surface area contributed by atoms with Gasteiger partial charge >= 0.3 is 0 Å². The Bertz CT molecular complexity index is 278. The monoisotopic (exact) mass is 195 g/mol. The zero-order valence-corrected chi connectivity index (χ0v) is 8.03. The van der Waals surface area contributed by atoms with Crippen LogP contribution < -0.4 is 0 Å². The molecule has 1 aliphatic heterocycles. The van der Waals surface area contributed by atoms with Gasteiger partial charge in [0.05, 0.1) is 13.2 Å². The van der Waals surface area contributed by atoms with Crippen LogP contribution >= 0.6 is 0 Å². The SMILES string of the molecule is FC1COCCN1Cc1ccccc1. The maximum Gasteiger partial charge on any atom is 0.177 e. The molecule has 2 nitrogen and oxygen atoms in total. The van der Waals surface area contributed by atoms with E-state index in [9.17, 15) is 4.39 Å². The van der Waals surface area contributed by atoms with E-state index in [1.165, 1.54) is 0 Å². The van der Waals surface area contributed by atoms with E-state index in [4.69, 9.17) is 4.74 Å². The van der Waals surface area contributed by atoms with Gasteiger partial charge in [0.1, 0.15) is 0 Å². The lowest BCUT2D eigenvalue weighted by Gasteiger charge is -2.30. The maximum absolute atomic E-state index is 13.3. The number of alkyl halides is 1. The summed E-state index contributed by atoms with van der Waals surface area (Å²) in [6.07, 6.45) is -0.955. The molecule has 1 aromatic rings. The van der Waals surface area contributed by atoms with Gasteiger partial charge in [-0.1, -0.05) is 30.3 Å². The van der Waals surface area contributed by atoms with Crippen LogP contribution in [0.2, 0.25) is 0 Å². The van der Waals surface area contributed by atoms with Crippen molar-refractivity contribution in [3.63, 3.8) is 0 Å². The van der Waals surface area contributed by atoms with Gasteiger partial charge in [-0.05, 0) is 5.56 Å². The third-order valence-corrected chi connectivity index (χ3v) is 2.40. The molecular weight excluding hydrogens is 181 g/mol. The molecule has 1 aromatic carbocycles. The van der Waals surface area contributed by atoms with E-state index in [1.807, 2.05) is 30.3 Å². The van der Waals surface area contributed by atoms with Gasteiger partial charge in [-0.2, -0.15) is 0 Å². The fourth-order valence-corrected chi connectivity index (χ4v) is 1.60. The number of hydrogen-bond donors (Lipinski definition) is 0. The summed E-state index contributed by atoms with van der Waals surface area (Å²) in [5.74, 6) is 0. The Balaban J connectivity index is 1.96. The number of rotatable bonds is 2. The second kappa shape index (κ2) is 4.53. The Hall–Kier alpha value is -0.930.